The van der Waals surface area contributed by atoms with Crippen molar-refractivity contribution in [3.8, 4) is 5.75 Å². The van der Waals surface area contributed by atoms with E-state index < -0.39 is 5.91 Å². The lowest BCUT2D eigenvalue weighted by atomic mass is 10.2. The minimum atomic E-state index is -0.401. The second-order valence-corrected chi connectivity index (χ2v) is 8.52. The number of nitrogens with one attached hydrogen (secondary N) is 1. The number of rotatable bonds is 6. The number of benzene rings is 2. The van der Waals surface area contributed by atoms with E-state index >= 15 is 0 Å². The molecule has 29 heavy (non-hydrogen) atoms. The van der Waals surface area contributed by atoms with Crippen LogP contribution in [0.25, 0.3) is 6.08 Å². The Hall–Kier alpha value is -2.06. The number of anilines is 1. The first-order chi connectivity index (χ1) is 13.9. The Kier molecular flexibility index (Phi) is 7.18. The van der Waals surface area contributed by atoms with Gasteiger partial charge >= 0.3 is 0 Å². The molecule has 3 rings (SSSR count). The van der Waals surface area contributed by atoms with E-state index in [4.69, 9.17) is 40.2 Å². The van der Waals surface area contributed by atoms with Crippen LogP contribution in [0.3, 0.4) is 0 Å². The predicted octanol–water partition coefficient (Wildman–Crippen LogP) is 5.23. The monoisotopic (exact) mass is 466 g/mol. The number of thioether (sulfide) groups is 1. The normalized spacial score (nSPS) is 15.1. The molecule has 0 spiro atoms. The summed E-state index contributed by atoms with van der Waals surface area (Å²) in [4.78, 5) is 26.8. The van der Waals surface area contributed by atoms with Crippen LogP contribution in [0.1, 0.15) is 12.5 Å². The van der Waals surface area contributed by atoms with Gasteiger partial charge < -0.3 is 10.1 Å². The Morgan fingerprint density at radius 1 is 1.21 bits per heavy atom. The van der Waals surface area contributed by atoms with E-state index in [1.165, 1.54) is 4.90 Å². The average Bonchev–Trinajstić information content (AvgIpc) is 2.90. The number of thiocarbonyl (C=S) groups is 1. The van der Waals surface area contributed by atoms with Crippen LogP contribution >= 0.6 is 47.2 Å². The lowest BCUT2D eigenvalue weighted by Crippen LogP contribution is -2.36. The minimum absolute atomic E-state index is 0.199. The number of carbonyl (C=O) groups is 2. The Morgan fingerprint density at radius 3 is 2.48 bits per heavy atom. The van der Waals surface area contributed by atoms with Crippen LogP contribution in [0.15, 0.2) is 47.4 Å². The molecule has 9 heteroatoms. The summed E-state index contributed by atoms with van der Waals surface area (Å²) in [6.07, 6.45) is 1.74. The van der Waals surface area contributed by atoms with E-state index in [9.17, 15) is 9.59 Å². The molecule has 5 nitrogen and oxygen atoms in total. The van der Waals surface area contributed by atoms with Gasteiger partial charge in [-0.25, -0.2) is 0 Å². The number of hydrogen-bond donors (Lipinski definition) is 1. The molecule has 0 bridgehead atoms. The highest BCUT2D eigenvalue weighted by Crippen LogP contribution is 2.32. The summed E-state index contributed by atoms with van der Waals surface area (Å²) < 4.78 is 5.74. The van der Waals surface area contributed by atoms with Gasteiger partial charge in [0.2, 0.25) is 5.91 Å². The van der Waals surface area contributed by atoms with E-state index in [2.05, 4.69) is 5.32 Å². The number of nitrogens with zero attached hydrogens (tertiary/aromatic N) is 1. The van der Waals surface area contributed by atoms with Crippen molar-refractivity contribution in [3.63, 3.8) is 0 Å². The molecule has 0 aromatic heterocycles. The summed E-state index contributed by atoms with van der Waals surface area (Å²) in [6, 6.07) is 12.1. The SMILES string of the molecule is CCOc1ccc(C=C2SC(=S)N(CC(=O)Nc3cc(Cl)cc(Cl)c3)C2=O)cc1. The zero-order chi connectivity index (χ0) is 21.0. The van der Waals surface area contributed by atoms with E-state index in [0.29, 0.717) is 31.6 Å². The topological polar surface area (TPSA) is 58.6 Å². The van der Waals surface area contributed by atoms with Gasteiger partial charge in [0.05, 0.1) is 11.5 Å². The van der Waals surface area contributed by atoms with Gasteiger partial charge in [-0.05, 0) is 48.9 Å². The van der Waals surface area contributed by atoms with Gasteiger partial charge in [0, 0.05) is 15.7 Å². The molecule has 2 aromatic carbocycles. The maximum Gasteiger partial charge on any atom is 0.266 e. The number of halogens is 2. The first-order valence-electron chi connectivity index (χ1n) is 8.60. The number of carbonyl (C=O) groups excluding carboxylic acids is 2. The summed E-state index contributed by atoms with van der Waals surface area (Å²) in [6.45, 7) is 2.30. The standard InChI is InChI=1S/C20H16Cl2N2O3S2/c1-2-27-16-5-3-12(4-6-16)7-17-19(26)24(20(28)29-17)11-18(25)23-15-9-13(21)8-14(22)10-15/h3-10H,2,11H2,1H3,(H,23,25). The zero-order valence-electron chi connectivity index (χ0n) is 15.3. The second-order valence-electron chi connectivity index (χ2n) is 5.98. The van der Waals surface area contributed by atoms with Crippen LogP contribution in [-0.4, -0.2) is 34.2 Å². The van der Waals surface area contributed by atoms with Crippen LogP contribution in [0.2, 0.25) is 10.0 Å². The summed E-state index contributed by atoms with van der Waals surface area (Å²) in [5.41, 5.74) is 1.29. The number of amides is 2. The third-order valence-corrected chi connectivity index (χ3v) is 5.62. The summed E-state index contributed by atoms with van der Waals surface area (Å²) >= 11 is 18.3. The largest absolute Gasteiger partial charge is 0.494 e. The molecule has 0 radical (unpaired) electrons. The van der Waals surface area contributed by atoms with Crippen molar-refractivity contribution < 1.29 is 14.3 Å². The van der Waals surface area contributed by atoms with E-state index in [0.717, 1.165) is 23.1 Å². The first-order valence-corrected chi connectivity index (χ1v) is 10.6. The van der Waals surface area contributed by atoms with Crippen molar-refractivity contribution >= 4 is 75.1 Å². The molecule has 1 aliphatic rings. The average molecular weight is 467 g/mol. The van der Waals surface area contributed by atoms with Crippen molar-refractivity contribution in [2.45, 2.75) is 6.92 Å². The van der Waals surface area contributed by atoms with Crippen molar-refractivity contribution in [2.24, 2.45) is 0 Å². The lowest BCUT2D eigenvalue weighted by molar-refractivity contribution is -0.126. The van der Waals surface area contributed by atoms with Crippen LogP contribution in [-0.2, 0) is 9.59 Å². The van der Waals surface area contributed by atoms with Crippen LogP contribution in [0.4, 0.5) is 5.69 Å². The third kappa shape index (κ3) is 5.73. The third-order valence-electron chi connectivity index (χ3n) is 3.81. The van der Waals surface area contributed by atoms with Gasteiger partial charge in [0.25, 0.3) is 5.91 Å². The molecule has 2 amide bonds. The Bertz CT molecular complexity index is 973. The number of ether oxygens (including phenoxy) is 1. The highest BCUT2D eigenvalue weighted by atomic mass is 35.5. The van der Waals surface area contributed by atoms with Crippen LogP contribution in [0, 0.1) is 0 Å². The molecule has 1 aliphatic heterocycles. The molecule has 0 aliphatic carbocycles. The van der Waals surface area contributed by atoms with Crippen LogP contribution in [0.5, 0.6) is 5.75 Å². The molecule has 1 fully saturated rings. The molecule has 1 heterocycles. The lowest BCUT2D eigenvalue weighted by Gasteiger charge is -2.14. The molecule has 2 aromatic rings. The Morgan fingerprint density at radius 2 is 1.86 bits per heavy atom. The van der Waals surface area contributed by atoms with Gasteiger partial charge in [-0.3, -0.25) is 14.5 Å². The fraction of sp³-hybridized carbons (Fsp3) is 0.150. The van der Waals surface area contributed by atoms with Gasteiger partial charge in [0.1, 0.15) is 16.6 Å². The van der Waals surface area contributed by atoms with Gasteiger partial charge in [0.15, 0.2) is 0 Å². The van der Waals surface area contributed by atoms with Gasteiger partial charge in [-0.2, -0.15) is 0 Å². The highest BCUT2D eigenvalue weighted by Gasteiger charge is 2.33. The molecule has 1 N–H and O–H groups in total. The molecule has 150 valence electrons. The molecule has 0 atom stereocenters. The molecule has 1 saturated heterocycles. The van der Waals surface area contributed by atoms with Crippen LogP contribution < -0.4 is 10.1 Å². The van der Waals surface area contributed by atoms with Crippen molar-refractivity contribution in [1.82, 2.24) is 4.90 Å². The Balaban J connectivity index is 1.67. The van der Waals surface area contributed by atoms with E-state index in [1.54, 1.807) is 24.3 Å². The predicted molar refractivity (Wildman–Crippen MR) is 123 cm³/mol. The second kappa shape index (κ2) is 9.63. The van der Waals surface area contributed by atoms with E-state index in [-0.39, 0.29) is 12.5 Å². The molecule has 0 saturated carbocycles. The van der Waals surface area contributed by atoms with E-state index in [1.807, 2.05) is 31.2 Å². The zero-order valence-corrected chi connectivity index (χ0v) is 18.4. The van der Waals surface area contributed by atoms with Gasteiger partial charge in [-0.1, -0.05) is 59.3 Å². The maximum absolute atomic E-state index is 12.7. The fourth-order valence-corrected chi connectivity index (χ4v) is 4.37. The minimum Gasteiger partial charge on any atom is -0.494 e. The summed E-state index contributed by atoms with van der Waals surface area (Å²) in [5.74, 6) is 0.0464. The Labute approximate surface area is 188 Å². The van der Waals surface area contributed by atoms with Gasteiger partial charge in [-0.15, -0.1) is 0 Å². The smallest absolute Gasteiger partial charge is 0.266 e. The molecular weight excluding hydrogens is 451 g/mol. The molecule has 0 unspecified atom stereocenters. The summed E-state index contributed by atoms with van der Waals surface area (Å²) in [5, 5.41) is 3.47. The van der Waals surface area contributed by atoms with Crippen molar-refractivity contribution in [1.29, 1.82) is 0 Å². The molecular formula is C20H16Cl2N2O3S2. The number of hydrogen-bond acceptors (Lipinski definition) is 5. The fourth-order valence-electron chi connectivity index (χ4n) is 2.58. The first kappa shape index (κ1) is 21.6. The quantitative estimate of drug-likeness (QED) is 0.466. The summed E-state index contributed by atoms with van der Waals surface area (Å²) in [7, 11) is 0. The van der Waals surface area contributed by atoms with Crippen molar-refractivity contribution in [3.05, 3.63) is 63.0 Å². The highest BCUT2D eigenvalue weighted by molar-refractivity contribution is 8.26. The van der Waals surface area contributed by atoms with Crippen molar-refractivity contribution in [2.75, 3.05) is 18.5 Å². The maximum atomic E-state index is 12.7.